The second-order valence-electron chi connectivity index (χ2n) is 14.6. The van der Waals surface area contributed by atoms with Crippen molar-refractivity contribution in [3.63, 3.8) is 0 Å². The van der Waals surface area contributed by atoms with Crippen molar-refractivity contribution in [2.45, 2.75) is 116 Å². The quantitative estimate of drug-likeness (QED) is 0.124. The van der Waals surface area contributed by atoms with Crippen LogP contribution in [0.15, 0.2) is 25.0 Å². The number of carbonyl (C=O) groups is 1. The molecule has 8 N–H and O–H groups in total. The lowest BCUT2D eigenvalue weighted by Crippen LogP contribution is -2.33. The second-order valence-corrected chi connectivity index (χ2v) is 14.6. The molecule has 2 saturated heterocycles. The van der Waals surface area contributed by atoms with Crippen molar-refractivity contribution < 1.29 is 44.9 Å². The van der Waals surface area contributed by atoms with Gasteiger partial charge in [0.25, 0.3) is 0 Å². The number of aromatic nitrogens is 6. The molecule has 0 amide bonds. The van der Waals surface area contributed by atoms with Gasteiger partial charge in [-0.2, -0.15) is 5.26 Å². The van der Waals surface area contributed by atoms with Gasteiger partial charge in [0.05, 0.1) is 29.5 Å². The van der Waals surface area contributed by atoms with Crippen LogP contribution in [0.4, 0.5) is 11.6 Å². The molecule has 2 aliphatic rings. The summed E-state index contributed by atoms with van der Waals surface area (Å²) in [5.74, 6) is 0.810. The fourth-order valence-electron chi connectivity index (χ4n) is 6.03. The van der Waals surface area contributed by atoms with E-state index < -0.39 is 62.3 Å². The van der Waals surface area contributed by atoms with E-state index in [2.05, 4.69) is 36.6 Å². The van der Waals surface area contributed by atoms with Gasteiger partial charge in [-0.15, -0.1) is 0 Å². The van der Waals surface area contributed by atoms with E-state index in [-0.39, 0.29) is 24.3 Å². The Labute approximate surface area is 300 Å². The van der Waals surface area contributed by atoms with Gasteiger partial charge in [0, 0.05) is 29.0 Å². The van der Waals surface area contributed by atoms with Gasteiger partial charge in [0.1, 0.15) is 78.3 Å². The van der Waals surface area contributed by atoms with Crippen LogP contribution >= 0.6 is 0 Å². The maximum atomic E-state index is 12.2. The smallest absolute Gasteiger partial charge is 0.164 e. The topological polar surface area (TPSA) is 266 Å². The summed E-state index contributed by atoms with van der Waals surface area (Å²) in [7, 11) is 0. The number of Topliss-reactive ketones (excluding diaryl/α,β-unsaturated/α-hetero) is 1. The molecule has 0 spiro atoms. The number of aliphatic hydroxyl groups is 6. The molecule has 18 heteroatoms. The van der Waals surface area contributed by atoms with E-state index in [4.69, 9.17) is 9.47 Å². The first-order valence-corrected chi connectivity index (χ1v) is 16.3. The number of hydrogen-bond acceptors (Lipinski definition) is 16. The summed E-state index contributed by atoms with van der Waals surface area (Å²) >= 11 is 0. The zero-order valence-electron chi connectivity index (χ0n) is 29.4. The molecule has 4 aromatic heterocycles. The lowest BCUT2D eigenvalue weighted by atomic mass is 10.1. The zero-order valence-corrected chi connectivity index (χ0v) is 29.4. The number of nitriles is 1. The van der Waals surface area contributed by atoms with Crippen LogP contribution in [0.5, 0.6) is 0 Å². The summed E-state index contributed by atoms with van der Waals surface area (Å²) in [5.41, 5.74) is 0.918. The number of rotatable bonds is 7. The number of nitrogens with one attached hydrogen (secondary N) is 2. The monoisotopic (exact) mass is 727 g/mol. The summed E-state index contributed by atoms with van der Waals surface area (Å²) in [6, 6.07) is 2.10. The van der Waals surface area contributed by atoms with Gasteiger partial charge in [-0.3, -0.25) is 4.79 Å². The number of anilines is 2. The molecule has 2 fully saturated rings. The van der Waals surface area contributed by atoms with Crippen LogP contribution in [0, 0.1) is 11.3 Å². The molecule has 52 heavy (non-hydrogen) atoms. The highest BCUT2D eigenvalue weighted by atomic mass is 16.6. The van der Waals surface area contributed by atoms with Crippen molar-refractivity contribution in [1.29, 1.82) is 5.26 Å². The highest BCUT2D eigenvalue weighted by molar-refractivity contribution is 6.10. The third-order valence-corrected chi connectivity index (χ3v) is 8.29. The number of ether oxygens (including phenoxy) is 2. The van der Waals surface area contributed by atoms with Crippen LogP contribution in [-0.2, 0) is 9.47 Å². The largest absolute Gasteiger partial charge is 0.394 e. The Morgan fingerprint density at radius 3 is 1.58 bits per heavy atom. The molecule has 2 aliphatic heterocycles. The van der Waals surface area contributed by atoms with E-state index in [0.29, 0.717) is 44.8 Å². The van der Waals surface area contributed by atoms with Crippen LogP contribution in [0.3, 0.4) is 0 Å². The first-order valence-electron chi connectivity index (χ1n) is 16.3. The first-order chi connectivity index (χ1) is 23.9. The van der Waals surface area contributed by atoms with Gasteiger partial charge >= 0.3 is 0 Å². The van der Waals surface area contributed by atoms with Crippen LogP contribution in [0.1, 0.15) is 84.3 Å². The summed E-state index contributed by atoms with van der Waals surface area (Å²) < 4.78 is 14.1. The number of nitrogens with zero attached hydrogens (tertiary/aromatic N) is 7. The number of hydrogen-bond donors (Lipinski definition) is 8. The maximum Gasteiger partial charge on any atom is 0.164 e. The normalized spacial score (nSPS) is 26.1. The average Bonchev–Trinajstić information content (AvgIpc) is 3.78. The van der Waals surface area contributed by atoms with E-state index in [0.717, 1.165) is 0 Å². The van der Waals surface area contributed by atoms with Gasteiger partial charge in [0.2, 0.25) is 0 Å². The van der Waals surface area contributed by atoms with Crippen molar-refractivity contribution in [2.75, 3.05) is 23.8 Å². The molecule has 2 unspecified atom stereocenters. The van der Waals surface area contributed by atoms with Gasteiger partial charge in [-0.1, -0.05) is 7.43 Å². The molecule has 0 saturated carbocycles. The maximum absolute atomic E-state index is 12.2. The number of carbonyl (C=O) groups excluding carboxylic acids is 1. The molecule has 8 atom stereocenters. The minimum Gasteiger partial charge on any atom is -0.394 e. The molecule has 0 bridgehead atoms. The van der Waals surface area contributed by atoms with E-state index in [1.807, 2.05) is 41.5 Å². The standard InChI is InChI=1S/C17H24N4O5.C16H21N5O4.CH4/c1-8(23)9-5-21(16-13(25)12(24)10(6-22)26-16)15-11(9)14(18-7-19-15)20-17(2,3)4;1-16(2,3)20-13-10-8(4-17)5-21(14(10)19-7-18-13)15-12(24)11(23)9(6-22)25-15;/h5,7,10,12-13,16,22,24-25H,6H2,1-4H3,(H,18,19,20);5,7,9,11-12,15,22-24H,6H2,1-3H3,(H,18,19,20);1H4/t10-,12?,13+,16-;9-,11?,12+,15-;/m11./s1. The van der Waals surface area contributed by atoms with E-state index in [1.165, 1.54) is 41.1 Å². The third kappa shape index (κ3) is 7.86. The Bertz CT molecular complexity index is 1930. The minimum absolute atomic E-state index is 0. The molecule has 6 rings (SSSR count). The zero-order chi connectivity index (χ0) is 37.6. The third-order valence-electron chi connectivity index (χ3n) is 8.29. The molecule has 0 aliphatic carbocycles. The Kier molecular flexibility index (Phi) is 11.9. The molecular formula is C34H49N9O9. The van der Waals surface area contributed by atoms with Crippen molar-refractivity contribution in [2.24, 2.45) is 0 Å². The lowest BCUT2D eigenvalue weighted by molar-refractivity contribution is -0.0508. The van der Waals surface area contributed by atoms with Crippen LogP contribution < -0.4 is 10.6 Å². The van der Waals surface area contributed by atoms with E-state index >= 15 is 0 Å². The molecule has 18 nitrogen and oxygen atoms in total. The molecule has 0 aromatic carbocycles. The molecular weight excluding hydrogens is 678 g/mol. The van der Waals surface area contributed by atoms with E-state index in [1.54, 1.807) is 0 Å². The summed E-state index contributed by atoms with van der Waals surface area (Å²) in [4.78, 5) is 29.1. The molecule has 4 aromatic rings. The first kappa shape index (κ1) is 40.5. The van der Waals surface area contributed by atoms with Crippen LogP contribution in [-0.4, -0.2) is 126 Å². The molecule has 0 radical (unpaired) electrons. The number of fused-ring (bicyclic) bond motifs is 2. The van der Waals surface area contributed by atoms with Crippen molar-refractivity contribution in [3.8, 4) is 6.07 Å². The van der Waals surface area contributed by atoms with Crippen molar-refractivity contribution in [3.05, 3.63) is 36.2 Å². The van der Waals surface area contributed by atoms with Gasteiger partial charge in [-0.05, 0) is 48.5 Å². The SMILES string of the molecule is C.CC(=O)c1cn([C@@H]2O[C@H](CO)C(O)[C@@H]2O)c2ncnc(NC(C)(C)C)c12.CC(C)(C)Nc1ncnc2c1c(C#N)cn2[C@@H]1O[C@H](CO)C(O)[C@@H]1O. The second kappa shape index (κ2) is 15.3. The summed E-state index contributed by atoms with van der Waals surface area (Å²) in [5, 5.41) is 76.2. The average molecular weight is 728 g/mol. The highest BCUT2D eigenvalue weighted by Gasteiger charge is 2.45. The Hall–Kier alpha value is -4.32. The molecule has 284 valence electrons. The van der Waals surface area contributed by atoms with Crippen molar-refractivity contribution in [1.82, 2.24) is 29.1 Å². The van der Waals surface area contributed by atoms with Gasteiger partial charge in [0.15, 0.2) is 18.2 Å². The molecule has 6 heterocycles. The van der Waals surface area contributed by atoms with E-state index in [9.17, 15) is 40.7 Å². The van der Waals surface area contributed by atoms with Crippen LogP contribution in [0.2, 0.25) is 0 Å². The Morgan fingerprint density at radius 1 is 0.769 bits per heavy atom. The number of aliphatic hydroxyl groups excluding tert-OH is 6. The fraction of sp³-hybridized carbons (Fsp3) is 0.588. The fourth-order valence-corrected chi connectivity index (χ4v) is 6.03. The Morgan fingerprint density at radius 2 is 1.19 bits per heavy atom. The Balaban J connectivity index is 0.000000228. The van der Waals surface area contributed by atoms with Crippen LogP contribution in [0.25, 0.3) is 22.1 Å². The van der Waals surface area contributed by atoms with Gasteiger partial charge in [-0.25, -0.2) is 19.9 Å². The lowest BCUT2D eigenvalue weighted by Gasteiger charge is -2.22. The number of ketones is 1. The summed E-state index contributed by atoms with van der Waals surface area (Å²) in [6.45, 7) is 12.4. The summed E-state index contributed by atoms with van der Waals surface area (Å²) in [6.07, 6.45) is -2.99. The highest BCUT2D eigenvalue weighted by Crippen LogP contribution is 2.37. The predicted molar refractivity (Wildman–Crippen MR) is 189 cm³/mol. The minimum atomic E-state index is -1.27. The predicted octanol–water partition coefficient (Wildman–Crippen LogP) is 1.22. The van der Waals surface area contributed by atoms with Gasteiger partial charge < -0.3 is 59.9 Å². The van der Waals surface area contributed by atoms with Crippen molar-refractivity contribution >= 4 is 39.5 Å².